The highest BCUT2D eigenvalue weighted by atomic mass is 16.5. The number of ether oxygens (including phenoxy) is 1. The van der Waals surface area contributed by atoms with Crippen LogP contribution in [0.25, 0.3) is 0 Å². The molecule has 2 unspecified atom stereocenters. The minimum absolute atomic E-state index is 0.0901. The highest BCUT2D eigenvalue weighted by Crippen LogP contribution is 2.22. The van der Waals surface area contributed by atoms with E-state index in [1.165, 1.54) is 5.56 Å². The molecule has 0 saturated carbocycles. The van der Waals surface area contributed by atoms with Crippen LogP contribution in [0.3, 0.4) is 0 Å². The zero-order valence-corrected chi connectivity index (χ0v) is 12.7. The van der Waals surface area contributed by atoms with Crippen LogP contribution in [0.2, 0.25) is 0 Å². The van der Waals surface area contributed by atoms with Crippen LogP contribution in [-0.4, -0.2) is 31.0 Å². The molecule has 0 amide bonds. The van der Waals surface area contributed by atoms with Gasteiger partial charge in [0.05, 0.1) is 18.2 Å². The van der Waals surface area contributed by atoms with Crippen LogP contribution in [0.5, 0.6) is 0 Å². The van der Waals surface area contributed by atoms with Gasteiger partial charge < -0.3 is 15.2 Å². The summed E-state index contributed by atoms with van der Waals surface area (Å²) in [6.45, 7) is 6.00. The van der Waals surface area contributed by atoms with Gasteiger partial charge in [-0.2, -0.15) is 0 Å². The smallest absolute Gasteiger partial charge is 0.0700 e. The summed E-state index contributed by atoms with van der Waals surface area (Å²) < 4.78 is 5.64. The van der Waals surface area contributed by atoms with Crippen LogP contribution >= 0.6 is 0 Å². The van der Waals surface area contributed by atoms with Gasteiger partial charge in [0, 0.05) is 13.2 Å². The minimum Gasteiger partial charge on any atom is -0.394 e. The Labute approximate surface area is 122 Å². The van der Waals surface area contributed by atoms with Gasteiger partial charge in [0.2, 0.25) is 0 Å². The van der Waals surface area contributed by atoms with Crippen molar-refractivity contribution >= 4 is 0 Å². The summed E-state index contributed by atoms with van der Waals surface area (Å²) >= 11 is 0. The van der Waals surface area contributed by atoms with E-state index < -0.39 is 5.54 Å². The third-order valence-electron chi connectivity index (χ3n) is 4.19. The molecule has 1 fully saturated rings. The number of aliphatic hydroxyl groups excluding tert-OH is 1. The van der Waals surface area contributed by atoms with Gasteiger partial charge in [-0.25, -0.2) is 0 Å². The molecule has 1 aromatic carbocycles. The molecule has 0 aliphatic carbocycles. The van der Waals surface area contributed by atoms with E-state index in [-0.39, 0.29) is 6.61 Å². The van der Waals surface area contributed by atoms with Gasteiger partial charge in [0.15, 0.2) is 0 Å². The number of benzene rings is 1. The fraction of sp³-hybridized carbons (Fsp3) is 0.647. The van der Waals surface area contributed by atoms with Crippen LogP contribution < -0.4 is 5.32 Å². The molecule has 1 aliphatic heterocycles. The molecule has 0 spiro atoms. The molecule has 2 atom stereocenters. The van der Waals surface area contributed by atoms with Crippen molar-refractivity contribution in [3.05, 3.63) is 35.4 Å². The van der Waals surface area contributed by atoms with Gasteiger partial charge in [-0.05, 0) is 37.3 Å². The molecule has 1 saturated heterocycles. The second-order valence-corrected chi connectivity index (χ2v) is 5.95. The van der Waals surface area contributed by atoms with Gasteiger partial charge in [-0.1, -0.05) is 37.6 Å². The molecule has 2 N–H and O–H groups in total. The maximum absolute atomic E-state index is 9.78. The van der Waals surface area contributed by atoms with E-state index >= 15 is 0 Å². The molecule has 1 aromatic rings. The van der Waals surface area contributed by atoms with Gasteiger partial charge >= 0.3 is 0 Å². The second-order valence-electron chi connectivity index (χ2n) is 5.95. The van der Waals surface area contributed by atoms with Crippen LogP contribution in [0, 0.1) is 0 Å². The Kier molecular flexibility index (Phi) is 5.58. The number of rotatable bonds is 7. The predicted octanol–water partition coefficient (Wildman–Crippen LogP) is 2.62. The summed E-state index contributed by atoms with van der Waals surface area (Å²) in [5.74, 6) is 0. The van der Waals surface area contributed by atoms with Gasteiger partial charge in [-0.15, -0.1) is 0 Å². The van der Waals surface area contributed by atoms with Crippen LogP contribution in [0.4, 0.5) is 0 Å². The summed E-state index contributed by atoms with van der Waals surface area (Å²) in [5, 5.41) is 13.3. The van der Waals surface area contributed by atoms with Crippen molar-refractivity contribution in [3.8, 4) is 0 Å². The second kappa shape index (κ2) is 7.21. The Morgan fingerprint density at radius 2 is 2.10 bits per heavy atom. The Morgan fingerprint density at radius 3 is 2.65 bits per heavy atom. The molecule has 112 valence electrons. The lowest BCUT2D eigenvalue weighted by Crippen LogP contribution is -2.46. The van der Waals surface area contributed by atoms with Crippen molar-refractivity contribution < 1.29 is 9.84 Å². The third kappa shape index (κ3) is 3.81. The van der Waals surface area contributed by atoms with Crippen molar-refractivity contribution in [1.29, 1.82) is 0 Å². The van der Waals surface area contributed by atoms with Gasteiger partial charge in [0.1, 0.15) is 0 Å². The lowest BCUT2D eigenvalue weighted by Gasteiger charge is -2.31. The Bertz CT molecular complexity index is 398. The Morgan fingerprint density at radius 1 is 1.35 bits per heavy atom. The largest absolute Gasteiger partial charge is 0.394 e. The van der Waals surface area contributed by atoms with Crippen LogP contribution in [-0.2, 0) is 16.7 Å². The third-order valence-corrected chi connectivity index (χ3v) is 4.19. The molecule has 1 aliphatic rings. The SMILES string of the molecule is CCCc1ccc(C(C)(CO)NCC2CCCO2)cc1. The van der Waals surface area contributed by atoms with Crippen LogP contribution in [0.1, 0.15) is 44.2 Å². The van der Waals surface area contributed by atoms with E-state index in [2.05, 4.69) is 43.4 Å². The standard InChI is InChI=1S/C17H27NO2/c1-3-5-14-7-9-15(10-8-14)17(2,13-19)18-12-16-6-4-11-20-16/h7-10,16,18-19H,3-6,11-13H2,1-2H3. The van der Waals surface area contributed by atoms with E-state index in [0.29, 0.717) is 6.10 Å². The molecular weight excluding hydrogens is 250 g/mol. The number of hydrogen-bond acceptors (Lipinski definition) is 3. The summed E-state index contributed by atoms with van der Waals surface area (Å²) in [7, 11) is 0. The first-order chi connectivity index (χ1) is 9.68. The molecule has 0 bridgehead atoms. The fourth-order valence-corrected chi connectivity index (χ4v) is 2.72. The van der Waals surface area contributed by atoms with Crippen molar-refractivity contribution in [2.75, 3.05) is 19.8 Å². The average molecular weight is 277 g/mol. The molecule has 3 heteroatoms. The first kappa shape index (κ1) is 15.5. The highest BCUT2D eigenvalue weighted by Gasteiger charge is 2.27. The first-order valence-electron chi connectivity index (χ1n) is 7.75. The van der Waals surface area contributed by atoms with Crippen LogP contribution in [0.15, 0.2) is 24.3 Å². The monoisotopic (exact) mass is 277 g/mol. The van der Waals surface area contributed by atoms with E-state index in [9.17, 15) is 5.11 Å². The summed E-state index contributed by atoms with van der Waals surface area (Å²) in [5.41, 5.74) is 2.10. The molecule has 1 heterocycles. The minimum atomic E-state index is -0.392. The van der Waals surface area contributed by atoms with E-state index in [1.54, 1.807) is 0 Å². The highest BCUT2D eigenvalue weighted by molar-refractivity contribution is 5.28. The first-order valence-corrected chi connectivity index (χ1v) is 7.75. The molecule has 3 nitrogen and oxygen atoms in total. The van der Waals surface area contributed by atoms with Gasteiger partial charge in [0.25, 0.3) is 0 Å². The number of aliphatic hydroxyl groups is 1. The normalized spacial score (nSPS) is 21.9. The lowest BCUT2D eigenvalue weighted by atomic mass is 9.91. The quantitative estimate of drug-likeness (QED) is 0.805. The topological polar surface area (TPSA) is 41.5 Å². The molecule has 2 rings (SSSR count). The van der Waals surface area contributed by atoms with Crippen molar-refractivity contribution in [3.63, 3.8) is 0 Å². The lowest BCUT2D eigenvalue weighted by molar-refractivity contribution is 0.0910. The Balaban J connectivity index is 2.00. The van der Waals surface area contributed by atoms with Crippen molar-refractivity contribution in [1.82, 2.24) is 5.32 Å². The Hall–Kier alpha value is -0.900. The van der Waals surface area contributed by atoms with Crippen molar-refractivity contribution in [2.24, 2.45) is 0 Å². The molecule has 20 heavy (non-hydrogen) atoms. The zero-order valence-electron chi connectivity index (χ0n) is 12.7. The average Bonchev–Trinajstić information content (AvgIpc) is 2.99. The number of hydrogen-bond donors (Lipinski definition) is 2. The molecule has 0 radical (unpaired) electrons. The fourth-order valence-electron chi connectivity index (χ4n) is 2.72. The maximum atomic E-state index is 9.78. The summed E-state index contributed by atoms with van der Waals surface area (Å²) in [6, 6.07) is 8.59. The van der Waals surface area contributed by atoms with Gasteiger partial charge in [-0.3, -0.25) is 0 Å². The predicted molar refractivity (Wildman–Crippen MR) is 81.9 cm³/mol. The van der Waals surface area contributed by atoms with E-state index in [0.717, 1.165) is 44.4 Å². The zero-order chi connectivity index (χ0) is 14.4. The summed E-state index contributed by atoms with van der Waals surface area (Å²) in [6.07, 6.45) is 4.82. The summed E-state index contributed by atoms with van der Waals surface area (Å²) in [4.78, 5) is 0. The molecule has 0 aromatic heterocycles. The van der Waals surface area contributed by atoms with E-state index in [4.69, 9.17) is 4.74 Å². The number of aryl methyl sites for hydroxylation is 1. The molecular formula is C17H27NO2. The van der Waals surface area contributed by atoms with Crippen molar-refractivity contribution in [2.45, 2.75) is 51.2 Å². The maximum Gasteiger partial charge on any atom is 0.0700 e. The number of nitrogens with one attached hydrogen (secondary N) is 1. The van der Waals surface area contributed by atoms with E-state index in [1.807, 2.05) is 0 Å².